The highest BCUT2D eigenvalue weighted by molar-refractivity contribution is 7.16. The summed E-state index contributed by atoms with van der Waals surface area (Å²) in [5, 5.41) is 6.11. The van der Waals surface area contributed by atoms with Gasteiger partial charge in [-0.1, -0.05) is 0 Å². The number of nitrogens with one attached hydrogen (secondary N) is 1. The van der Waals surface area contributed by atoms with Crippen LogP contribution < -0.4 is 11.1 Å². The van der Waals surface area contributed by atoms with Crippen LogP contribution in [-0.4, -0.2) is 23.5 Å². The average molecular weight is 323 g/mol. The summed E-state index contributed by atoms with van der Waals surface area (Å²) in [6.45, 7) is 4.61. The predicted molar refractivity (Wildman–Crippen MR) is 89.8 cm³/mol. The Labute approximate surface area is 133 Å². The van der Waals surface area contributed by atoms with Crippen LogP contribution in [-0.2, 0) is 11.2 Å². The van der Waals surface area contributed by atoms with Crippen LogP contribution in [0, 0.1) is 6.92 Å². The number of aryl methyl sites for hydroxylation is 1. The number of thiazole rings is 1. The molecule has 3 N–H and O–H groups in total. The molecule has 2 aromatic heterocycles. The largest absolute Gasteiger partial charge is 0.356 e. The van der Waals surface area contributed by atoms with Gasteiger partial charge in [0.2, 0.25) is 5.91 Å². The van der Waals surface area contributed by atoms with Crippen molar-refractivity contribution in [2.45, 2.75) is 39.2 Å². The van der Waals surface area contributed by atoms with Gasteiger partial charge in [0.1, 0.15) is 0 Å². The lowest BCUT2D eigenvalue weighted by Crippen LogP contribution is -2.27. The van der Waals surface area contributed by atoms with E-state index < -0.39 is 0 Å². The minimum atomic E-state index is 0.0807. The van der Waals surface area contributed by atoms with E-state index in [9.17, 15) is 4.79 Å². The zero-order valence-electron chi connectivity index (χ0n) is 12.4. The topological polar surface area (TPSA) is 68.0 Å². The number of carbonyl (C=O) groups is 1. The highest BCUT2D eigenvalue weighted by Crippen LogP contribution is 2.29. The van der Waals surface area contributed by atoms with Crippen LogP contribution in [0.25, 0.3) is 10.6 Å². The quantitative estimate of drug-likeness (QED) is 0.823. The normalized spacial score (nSPS) is 12.3. The van der Waals surface area contributed by atoms with E-state index in [2.05, 4.69) is 27.8 Å². The molecule has 1 unspecified atom stereocenters. The van der Waals surface area contributed by atoms with Crippen molar-refractivity contribution in [3.8, 4) is 10.6 Å². The van der Waals surface area contributed by atoms with E-state index in [1.165, 1.54) is 9.75 Å². The number of nitrogens with zero attached hydrogens (tertiary/aromatic N) is 1. The van der Waals surface area contributed by atoms with Gasteiger partial charge in [0.25, 0.3) is 0 Å². The van der Waals surface area contributed by atoms with Crippen LogP contribution in [0.5, 0.6) is 0 Å². The van der Waals surface area contributed by atoms with Crippen molar-refractivity contribution in [3.63, 3.8) is 0 Å². The number of aromatic nitrogens is 1. The molecule has 1 atom stereocenters. The molecule has 0 bridgehead atoms. The number of amides is 1. The molecule has 1 amide bonds. The number of nitrogens with two attached hydrogens (primary N) is 1. The van der Waals surface area contributed by atoms with E-state index in [-0.39, 0.29) is 11.9 Å². The number of thiophene rings is 1. The Bertz CT molecular complexity index is 589. The monoisotopic (exact) mass is 323 g/mol. The summed E-state index contributed by atoms with van der Waals surface area (Å²) in [7, 11) is 0. The van der Waals surface area contributed by atoms with Gasteiger partial charge >= 0.3 is 0 Å². The van der Waals surface area contributed by atoms with Crippen molar-refractivity contribution in [3.05, 3.63) is 27.4 Å². The molecule has 0 saturated carbocycles. The summed E-state index contributed by atoms with van der Waals surface area (Å²) < 4.78 is 0. The first-order valence-corrected chi connectivity index (χ1v) is 8.77. The van der Waals surface area contributed by atoms with Crippen molar-refractivity contribution in [1.29, 1.82) is 0 Å². The molecule has 2 rings (SSSR count). The molecule has 4 nitrogen and oxygen atoms in total. The van der Waals surface area contributed by atoms with Crippen molar-refractivity contribution in [1.82, 2.24) is 10.3 Å². The molecule has 114 valence electrons. The van der Waals surface area contributed by atoms with Crippen molar-refractivity contribution < 1.29 is 4.79 Å². The molecular formula is C15H21N3OS2. The fourth-order valence-electron chi connectivity index (χ4n) is 1.90. The maximum absolute atomic E-state index is 11.6. The van der Waals surface area contributed by atoms with E-state index in [0.717, 1.165) is 23.5 Å². The highest BCUT2D eigenvalue weighted by atomic mass is 32.1. The molecule has 21 heavy (non-hydrogen) atoms. The molecule has 0 saturated heterocycles. The summed E-state index contributed by atoms with van der Waals surface area (Å²) in [6.07, 6.45) is 2.10. The summed E-state index contributed by atoms with van der Waals surface area (Å²) >= 11 is 3.41. The van der Waals surface area contributed by atoms with E-state index in [0.29, 0.717) is 13.0 Å². The van der Waals surface area contributed by atoms with E-state index in [1.807, 2.05) is 13.8 Å². The second kappa shape index (κ2) is 7.68. The van der Waals surface area contributed by atoms with Gasteiger partial charge in [0.05, 0.1) is 15.6 Å². The van der Waals surface area contributed by atoms with Gasteiger partial charge in [-0.25, -0.2) is 4.98 Å². The molecule has 2 aromatic rings. The lowest BCUT2D eigenvalue weighted by Gasteiger charge is -2.06. The molecular weight excluding hydrogens is 302 g/mol. The Balaban J connectivity index is 1.77. The van der Waals surface area contributed by atoms with E-state index in [1.54, 1.807) is 22.7 Å². The smallest absolute Gasteiger partial charge is 0.220 e. The van der Waals surface area contributed by atoms with Crippen LogP contribution >= 0.6 is 22.7 Å². The molecule has 0 spiro atoms. The van der Waals surface area contributed by atoms with Gasteiger partial charge in [-0.2, -0.15) is 0 Å². The van der Waals surface area contributed by atoms with Crippen molar-refractivity contribution in [2.75, 3.05) is 6.54 Å². The minimum absolute atomic E-state index is 0.0807. The molecule has 0 fully saturated rings. The van der Waals surface area contributed by atoms with Gasteiger partial charge in [-0.3, -0.25) is 4.79 Å². The number of hydrogen-bond donors (Lipinski definition) is 2. The molecule has 6 heteroatoms. The summed E-state index contributed by atoms with van der Waals surface area (Å²) in [5.74, 6) is 0.0826. The summed E-state index contributed by atoms with van der Waals surface area (Å²) in [6, 6.07) is 4.30. The highest BCUT2D eigenvalue weighted by Gasteiger charge is 2.07. The lowest BCUT2D eigenvalue weighted by molar-refractivity contribution is -0.121. The summed E-state index contributed by atoms with van der Waals surface area (Å²) in [5.41, 5.74) is 6.69. The fraction of sp³-hybridized carbons (Fsp3) is 0.467. The third-order valence-electron chi connectivity index (χ3n) is 3.05. The van der Waals surface area contributed by atoms with Crippen LogP contribution in [0.1, 0.15) is 29.7 Å². The Morgan fingerprint density at radius 1 is 1.48 bits per heavy atom. The molecule has 0 aliphatic heterocycles. The van der Waals surface area contributed by atoms with Crippen LogP contribution in [0.15, 0.2) is 17.5 Å². The van der Waals surface area contributed by atoms with Gasteiger partial charge in [0, 0.05) is 29.3 Å². The van der Waals surface area contributed by atoms with E-state index in [4.69, 9.17) is 5.73 Å². The number of hydrogen-bond acceptors (Lipinski definition) is 5. The first-order chi connectivity index (χ1) is 10.0. The van der Waals surface area contributed by atoms with Crippen LogP contribution in [0.4, 0.5) is 0 Å². The third-order valence-corrected chi connectivity index (χ3v) is 4.99. The van der Waals surface area contributed by atoms with Gasteiger partial charge in [0.15, 0.2) is 0 Å². The second-order valence-corrected chi connectivity index (χ2v) is 7.36. The van der Waals surface area contributed by atoms with Crippen molar-refractivity contribution >= 4 is 28.6 Å². The first-order valence-electron chi connectivity index (χ1n) is 7.08. The Kier molecular flexibility index (Phi) is 5.90. The average Bonchev–Trinajstić information content (AvgIpc) is 3.05. The van der Waals surface area contributed by atoms with E-state index >= 15 is 0 Å². The SMILES string of the molecule is Cc1nc(-c2ccc(CCNC(=O)CCC(C)N)s2)cs1. The van der Waals surface area contributed by atoms with Crippen LogP contribution in [0.3, 0.4) is 0 Å². The molecule has 0 aliphatic rings. The maximum atomic E-state index is 11.6. The van der Waals surface area contributed by atoms with Crippen LogP contribution in [0.2, 0.25) is 0 Å². The molecule has 2 heterocycles. The van der Waals surface area contributed by atoms with Crippen molar-refractivity contribution in [2.24, 2.45) is 5.73 Å². The van der Waals surface area contributed by atoms with Gasteiger partial charge < -0.3 is 11.1 Å². The maximum Gasteiger partial charge on any atom is 0.220 e. The molecule has 0 aromatic carbocycles. The predicted octanol–water partition coefficient (Wildman–Crippen LogP) is 2.97. The second-order valence-electron chi connectivity index (χ2n) is 5.13. The number of rotatable bonds is 7. The van der Waals surface area contributed by atoms with Gasteiger partial charge in [-0.15, -0.1) is 22.7 Å². The zero-order valence-corrected chi connectivity index (χ0v) is 14.0. The first kappa shape index (κ1) is 16.1. The zero-order chi connectivity index (χ0) is 15.2. The Hall–Kier alpha value is -1.24. The Morgan fingerprint density at radius 2 is 2.29 bits per heavy atom. The third kappa shape index (κ3) is 5.22. The minimum Gasteiger partial charge on any atom is -0.356 e. The number of carbonyl (C=O) groups excluding carboxylic acids is 1. The standard InChI is InChI=1S/C15H21N3OS2/c1-10(16)3-6-15(19)17-8-7-12-4-5-14(21-12)13-9-20-11(2)18-13/h4-5,9-10H,3,6-8,16H2,1-2H3,(H,17,19). The lowest BCUT2D eigenvalue weighted by atomic mass is 10.2. The summed E-state index contributed by atoms with van der Waals surface area (Å²) in [4.78, 5) is 18.5. The Morgan fingerprint density at radius 3 is 2.95 bits per heavy atom. The fourth-order valence-corrected chi connectivity index (χ4v) is 3.55. The molecule has 0 aliphatic carbocycles. The van der Waals surface area contributed by atoms with Gasteiger partial charge in [-0.05, 0) is 38.8 Å². The molecule has 0 radical (unpaired) electrons.